The minimum atomic E-state index is -5.10. The summed E-state index contributed by atoms with van der Waals surface area (Å²) in [6.07, 6.45) is -1.16. The zero-order chi connectivity index (χ0) is 29.1. The van der Waals surface area contributed by atoms with Crippen molar-refractivity contribution >= 4 is 12.0 Å². The molecule has 7 nitrogen and oxygen atoms in total. The molecule has 0 aromatic heterocycles. The molecular formula is C31H37F3N2O5. The smallest absolute Gasteiger partial charge is 0.471 e. The minimum absolute atomic E-state index is 0.0467. The molecule has 5 rings (SSSR count). The Balaban J connectivity index is 1.37. The topological polar surface area (TPSA) is 79.3 Å². The van der Waals surface area contributed by atoms with Gasteiger partial charge in [-0.3, -0.25) is 9.69 Å². The summed E-state index contributed by atoms with van der Waals surface area (Å²) >= 11 is 0. The van der Waals surface area contributed by atoms with Gasteiger partial charge in [0.1, 0.15) is 5.75 Å². The lowest BCUT2D eigenvalue weighted by Crippen LogP contribution is -2.55. The van der Waals surface area contributed by atoms with Crippen LogP contribution < -0.4 is 4.74 Å². The second-order valence-corrected chi connectivity index (χ2v) is 11.4. The molecule has 3 aliphatic rings. The van der Waals surface area contributed by atoms with Gasteiger partial charge >= 0.3 is 18.2 Å². The van der Waals surface area contributed by atoms with Crippen LogP contribution in [0.3, 0.4) is 0 Å². The van der Waals surface area contributed by atoms with Crippen LogP contribution in [0.15, 0.2) is 54.6 Å². The molecular weight excluding hydrogens is 537 g/mol. The van der Waals surface area contributed by atoms with Crippen molar-refractivity contribution in [2.24, 2.45) is 5.92 Å². The highest BCUT2D eigenvalue weighted by Crippen LogP contribution is 2.45. The number of rotatable bonds is 8. The maximum atomic E-state index is 14.0. The van der Waals surface area contributed by atoms with Crippen molar-refractivity contribution in [2.45, 2.75) is 87.8 Å². The Morgan fingerprint density at radius 1 is 0.976 bits per heavy atom. The first-order chi connectivity index (χ1) is 19.7. The quantitative estimate of drug-likeness (QED) is 0.405. The number of benzene rings is 2. The molecule has 0 bridgehead atoms. The number of ether oxygens (including phenoxy) is 2. The molecule has 222 valence electrons. The van der Waals surface area contributed by atoms with Gasteiger partial charge in [0.2, 0.25) is 0 Å². The number of carbonyl (C=O) groups excluding carboxylic acids is 1. The maximum Gasteiger partial charge on any atom is 0.471 e. The number of likely N-dealkylation sites (tertiary alicyclic amines) is 1. The molecule has 2 aromatic carbocycles. The Kier molecular flexibility index (Phi) is 8.77. The van der Waals surface area contributed by atoms with E-state index in [9.17, 15) is 27.9 Å². The standard InChI is InChI=1S/C31H37F3N2O5/c1-40-23-14-10-20(11-15-23)18-35(29(37)31(32,33)34)28-25-8-5-9-26(25)36(30(38)39)27(28)19-41-24-16-12-22(13-17-24)21-6-3-2-4-7-21/h2-4,6-7,10-11,14-15,22,24-28H,5,8-9,12-13,16-19H2,1H3,(H,38,39)/t22?,24?,25-,26+,27-,28-/m0/s1. The van der Waals surface area contributed by atoms with Crippen molar-refractivity contribution in [2.75, 3.05) is 13.7 Å². The van der Waals surface area contributed by atoms with Crippen LogP contribution in [-0.2, 0) is 16.1 Å². The van der Waals surface area contributed by atoms with Crippen LogP contribution >= 0.6 is 0 Å². The van der Waals surface area contributed by atoms with E-state index in [4.69, 9.17) is 9.47 Å². The van der Waals surface area contributed by atoms with Crippen molar-refractivity contribution in [3.05, 3.63) is 65.7 Å². The van der Waals surface area contributed by atoms with Crippen molar-refractivity contribution in [3.63, 3.8) is 0 Å². The van der Waals surface area contributed by atoms with E-state index in [-0.39, 0.29) is 19.3 Å². The number of alkyl halides is 3. The van der Waals surface area contributed by atoms with E-state index in [1.54, 1.807) is 24.3 Å². The number of amides is 2. The van der Waals surface area contributed by atoms with E-state index in [0.717, 1.165) is 30.6 Å². The number of nitrogens with zero attached hydrogens (tertiary/aromatic N) is 2. The van der Waals surface area contributed by atoms with E-state index in [1.165, 1.54) is 17.6 Å². The van der Waals surface area contributed by atoms with E-state index in [1.807, 2.05) is 18.2 Å². The summed E-state index contributed by atoms with van der Waals surface area (Å²) in [4.78, 5) is 27.6. The molecule has 1 aliphatic heterocycles. The van der Waals surface area contributed by atoms with Gasteiger partial charge in [-0.15, -0.1) is 0 Å². The highest BCUT2D eigenvalue weighted by molar-refractivity contribution is 5.82. The van der Waals surface area contributed by atoms with Crippen LogP contribution in [0, 0.1) is 5.92 Å². The summed E-state index contributed by atoms with van der Waals surface area (Å²) in [7, 11) is 1.49. The van der Waals surface area contributed by atoms with E-state index >= 15 is 0 Å². The van der Waals surface area contributed by atoms with Gasteiger partial charge in [-0.05, 0) is 67.7 Å². The second kappa shape index (κ2) is 12.3. The van der Waals surface area contributed by atoms with Crippen LogP contribution in [0.4, 0.5) is 18.0 Å². The fourth-order valence-electron chi connectivity index (χ4n) is 7.24. The molecule has 2 aromatic rings. The third-order valence-corrected chi connectivity index (χ3v) is 9.12. The van der Waals surface area contributed by atoms with Gasteiger partial charge in [-0.1, -0.05) is 48.9 Å². The lowest BCUT2D eigenvalue weighted by molar-refractivity contribution is -0.190. The van der Waals surface area contributed by atoms with Gasteiger partial charge in [-0.25, -0.2) is 4.79 Å². The first-order valence-electron chi connectivity index (χ1n) is 14.4. The lowest BCUT2D eigenvalue weighted by Gasteiger charge is -2.38. The average molecular weight is 575 g/mol. The van der Waals surface area contributed by atoms with E-state index in [0.29, 0.717) is 36.5 Å². The van der Waals surface area contributed by atoms with Crippen LogP contribution in [0.5, 0.6) is 5.75 Å². The SMILES string of the molecule is COc1ccc(CN(C(=O)C(F)(F)F)[C@H]2[C@H]3CCC[C@H]3N(C(=O)O)[C@H]2COC2CCC(c3ccccc3)CC2)cc1. The van der Waals surface area contributed by atoms with Crippen LogP contribution in [0.25, 0.3) is 0 Å². The number of carbonyl (C=O) groups is 2. The Morgan fingerprint density at radius 3 is 2.27 bits per heavy atom. The Labute approximate surface area is 238 Å². The summed E-state index contributed by atoms with van der Waals surface area (Å²) in [5, 5.41) is 10.2. The number of hydrogen-bond donors (Lipinski definition) is 1. The second-order valence-electron chi connectivity index (χ2n) is 11.4. The highest BCUT2D eigenvalue weighted by Gasteiger charge is 2.58. The number of carboxylic acid groups (broad SMARTS) is 1. The molecule has 0 spiro atoms. The Morgan fingerprint density at radius 2 is 1.66 bits per heavy atom. The van der Waals surface area contributed by atoms with E-state index in [2.05, 4.69) is 12.1 Å². The van der Waals surface area contributed by atoms with Crippen LogP contribution in [0.1, 0.15) is 62.0 Å². The van der Waals surface area contributed by atoms with Gasteiger partial charge in [0.05, 0.1) is 31.9 Å². The largest absolute Gasteiger partial charge is 0.497 e. The molecule has 2 saturated carbocycles. The van der Waals surface area contributed by atoms with Crippen molar-refractivity contribution in [1.82, 2.24) is 9.80 Å². The molecule has 1 N–H and O–H groups in total. The number of fused-ring (bicyclic) bond motifs is 1. The molecule has 41 heavy (non-hydrogen) atoms. The summed E-state index contributed by atoms with van der Waals surface area (Å²) < 4.78 is 53.4. The predicted molar refractivity (Wildman–Crippen MR) is 146 cm³/mol. The third kappa shape index (κ3) is 6.32. The molecule has 4 atom stereocenters. The highest BCUT2D eigenvalue weighted by atomic mass is 19.4. The van der Waals surface area contributed by atoms with Crippen molar-refractivity contribution in [3.8, 4) is 5.75 Å². The normalized spacial score (nSPS) is 27.9. The minimum Gasteiger partial charge on any atom is -0.497 e. The number of hydrogen-bond acceptors (Lipinski definition) is 4. The molecule has 1 heterocycles. The van der Waals surface area contributed by atoms with Crippen LogP contribution in [0.2, 0.25) is 0 Å². The van der Waals surface area contributed by atoms with Crippen molar-refractivity contribution in [1.29, 1.82) is 0 Å². The van der Waals surface area contributed by atoms with Gasteiger partial charge < -0.3 is 19.5 Å². The summed E-state index contributed by atoms with van der Waals surface area (Å²) in [6.45, 7) is -0.336. The van der Waals surface area contributed by atoms with Gasteiger partial charge in [0, 0.05) is 18.5 Å². The molecule has 2 amide bonds. The van der Waals surface area contributed by atoms with Gasteiger partial charge in [-0.2, -0.15) is 13.2 Å². The van der Waals surface area contributed by atoms with E-state index < -0.39 is 42.2 Å². The molecule has 0 radical (unpaired) electrons. The van der Waals surface area contributed by atoms with Crippen LogP contribution in [-0.4, -0.2) is 71.0 Å². The molecule has 0 unspecified atom stereocenters. The lowest BCUT2D eigenvalue weighted by atomic mass is 9.83. The van der Waals surface area contributed by atoms with Gasteiger partial charge in [0.25, 0.3) is 0 Å². The molecule has 3 fully saturated rings. The summed E-state index contributed by atoms with van der Waals surface area (Å²) in [6, 6.07) is 14.5. The average Bonchev–Trinajstić information content (AvgIpc) is 3.55. The zero-order valence-corrected chi connectivity index (χ0v) is 23.1. The van der Waals surface area contributed by atoms with Gasteiger partial charge in [0.15, 0.2) is 0 Å². The monoisotopic (exact) mass is 574 g/mol. The first kappa shape index (κ1) is 29.2. The van der Waals surface area contributed by atoms with Crippen molar-refractivity contribution < 1.29 is 37.3 Å². The number of methoxy groups -OCH3 is 1. The first-order valence-corrected chi connectivity index (χ1v) is 14.4. The zero-order valence-electron chi connectivity index (χ0n) is 23.1. The summed E-state index contributed by atoms with van der Waals surface area (Å²) in [5.41, 5.74) is 1.79. The molecule has 10 heteroatoms. The molecule has 2 aliphatic carbocycles. The fourth-order valence-corrected chi connectivity index (χ4v) is 7.24. The maximum absolute atomic E-state index is 14.0. The third-order valence-electron chi connectivity index (χ3n) is 9.12. The Bertz CT molecular complexity index is 1180. The Hall–Kier alpha value is -3.27. The summed E-state index contributed by atoms with van der Waals surface area (Å²) in [5.74, 6) is -1.37. The number of halogens is 3. The fraction of sp³-hybridized carbons (Fsp3) is 0.548. The predicted octanol–water partition coefficient (Wildman–Crippen LogP) is 6.23. The molecule has 1 saturated heterocycles.